The molecule has 7 nitrogen and oxygen atoms in total. The van der Waals surface area contributed by atoms with Crippen molar-refractivity contribution >= 4 is 11.8 Å². The highest BCUT2D eigenvalue weighted by atomic mass is 16.2. The molecule has 1 unspecified atom stereocenters. The van der Waals surface area contributed by atoms with Crippen LogP contribution in [-0.2, 0) is 22.7 Å². The zero-order valence-corrected chi connectivity index (χ0v) is 14.6. The van der Waals surface area contributed by atoms with E-state index in [2.05, 4.69) is 25.9 Å². The third kappa shape index (κ3) is 4.64. The van der Waals surface area contributed by atoms with Crippen LogP contribution in [0.2, 0.25) is 0 Å². The van der Waals surface area contributed by atoms with Crippen molar-refractivity contribution in [2.75, 3.05) is 13.1 Å². The van der Waals surface area contributed by atoms with Crippen molar-refractivity contribution in [3.8, 4) is 0 Å². The number of amides is 2. The predicted molar refractivity (Wildman–Crippen MR) is 96.7 cm³/mol. The fourth-order valence-electron chi connectivity index (χ4n) is 3.11. The first-order chi connectivity index (χ1) is 12.7. The molecule has 0 aliphatic carbocycles. The predicted octanol–water partition coefficient (Wildman–Crippen LogP) is 0.779. The normalized spacial score (nSPS) is 19.1. The minimum absolute atomic E-state index is 0.0848. The largest absolute Gasteiger partial charge is 0.352 e. The standard InChI is InChI=1S/C19H23N5O2/c25-17(23-12-15-1-6-20-7-2-15)11-19(5-10-22-14-19)18(26)24-13-16-3-8-21-9-4-16/h1-4,6-9,22H,5,10-14H2,(H,23,25)(H,24,26). The molecule has 1 saturated heterocycles. The molecule has 3 heterocycles. The van der Waals surface area contributed by atoms with Gasteiger partial charge in [-0.15, -0.1) is 0 Å². The minimum atomic E-state index is -0.699. The van der Waals surface area contributed by atoms with Gasteiger partial charge in [0.2, 0.25) is 11.8 Å². The Labute approximate surface area is 152 Å². The second kappa shape index (κ2) is 8.53. The number of pyridine rings is 2. The molecule has 2 aromatic rings. The molecule has 7 heteroatoms. The van der Waals surface area contributed by atoms with Crippen LogP contribution in [0.25, 0.3) is 0 Å². The number of hydrogen-bond acceptors (Lipinski definition) is 5. The molecule has 3 rings (SSSR count). The first-order valence-corrected chi connectivity index (χ1v) is 8.71. The van der Waals surface area contributed by atoms with Crippen LogP contribution in [0.15, 0.2) is 49.1 Å². The molecule has 1 aliphatic rings. The Hall–Kier alpha value is -2.80. The van der Waals surface area contributed by atoms with Gasteiger partial charge in [0.05, 0.1) is 5.41 Å². The first kappa shape index (κ1) is 18.0. The maximum absolute atomic E-state index is 12.8. The number of nitrogens with one attached hydrogen (secondary N) is 3. The summed E-state index contributed by atoms with van der Waals surface area (Å²) in [5.74, 6) is -0.206. The number of aromatic nitrogens is 2. The highest BCUT2D eigenvalue weighted by Crippen LogP contribution is 2.30. The lowest BCUT2D eigenvalue weighted by atomic mass is 9.82. The Morgan fingerprint density at radius 3 is 2.08 bits per heavy atom. The highest BCUT2D eigenvalue weighted by molar-refractivity contribution is 5.89. The van der Waals surface area contributed by atoms with E-state index >= 15 is 0 Å². The third-order valence-electron chi connectivity index (χ3n) is 4.67. The van der Waals surface area contributed by atoms with Crippen LogP contribution < -0.4 is 16.0 Å². The van der Waals surface area contributed by atoms with Crippen molar-refractivity contribution in [1.82, 2.24) is 25.9 Å². The second-order valence-corrected chi connectivity index (χ2v) is 6.55. The van der Waals surface area contributed by atoms with E-state index < -0.39 is 5.41 Å². The first-order valence-electron chi connectivity index (χ1n) is 8.71. The molecule has 0 aromatic carbocycles. The molecule has 26 heavy (non-hydrogen) atoms. The van der Waals surface area contributed by atoms with Gasteiger partial charge in [-0.25, -0.2) is 0 Å². The lowest BCUT2D eigenvalue weighted by Crippen LogP contribution is -2.45. The van der Waals surface area contributed by atoms with Gasteiger partial charge >= 0.3 is 0 Å². The molecule has 1 aliphatic heterocycles. The summed E-state index contributed by atoms with van der Waals surface area (Å²) < 4.78 is 0. The number of hydrogen-bond donors (Lipinski definition) is 3. The summed E-state index contributed by atoms with van der Waals surface area (Å²) in [7, 11) is 0. The van der Waals surface area contributed by atoms with Gasteiger partial charge in [0.15, 0.2) is 0 Å². The monoisotopic (exact) mass is 353 g/mol. The van der Waals surface area contributed by atoms with Crippen molar-refractivity contribution in [1.29, 1.82) is 0 Å². The summed E-state index contributed by atoms with van der Waals surface area (Å²) in [5, 5.41) is 9.07. The Morgan fingerprint density at radius 1 is 0.962 bits per heavy atom. The Kier molecular flexibility index (Phi) is 5.91. The minimum Gasteiger partial charge on any atom is -0.352 e. The molecule has 0 spiro atoms. The topological polar surface area (TPSA) is 96.0 Å². The average molecular weight is 353 g/mol. The van der Waals surface area contributed by atoms with Crippen LogP contribution in [0.3, 0.4) is 0 Å². The number of rotatable bonds is 7. The van der Waals surface area contributed by atoms with Crippen molar-refractivity contribution < 1.29 is 9.59 Å². The van der Waals surface area contributed by atoms with Crippen molar-refractivity contribution in [3.63, 3.8) is 0 Å². The van der Waals surface area contributed by atoms with E-state index in [1.807, 2.05) is 24.3 Å². The Bertz CT molecular complexity index is 730. The van der Waals surface area contributed by atoms with E-state index in [1.165, 1.54) is 0 Å². The molecular formula is C19H23N5O2. The molecule has 0 saturated carbocycles. The van der Waals surface area contributed by atoms with Gasteiger partial charge in [0.25, 0.3) is 0 Å². The molecule has 0 radical (unpaired) electrons. The highest BCUT2D eigenvalue weighted by Gasteiger charge is 2.42. The van der Waals surface area contributed by atoms with Crippen LogP contribution >= 0.6 is 0 Å². The molecule has 136 valence electrons. The van der Waals surface area contributed by atoms with Gasteiger partial charge in [-0.3, -0.25) is 19.6 Å². The quantitative estimate of drug-likeness (QED) is 0.684. The van der Waals surface area contributed by atoms with Crippen molar-refractivity contribution in [3.05, 3.63) is 60.2 Å². The summed E-state index contributed by atoms with van der Waals surface area (Å²) in [6, 6.07) is 7.44. The summed E-state index contributed by atoms with van der Waals surface area (Å²) >= 11 is 0. The molecular weight excluding hydrogens is 330 g/mol. The molecule has 1 atom stereocenters. The second-order valence-electron chi connectivity index (χ2n) is 6.55. The Balaban J connectivity index is 1.56. The van der Waals surface area contributed by atoms with Gasteiger partial charge in [-0.05, 0) is 48.4 Å². The van der Waals surface area contributed by atoms with Crippen LogP contribution in [-0.4, -0.2) is 34.9 Å². The van der Waals surface area contributed by atoms with Crippen LogP contribution in [0.5, 0.6) is 0 Å². The smallest absolute Gasteiger partial charge is 0.228 e. The van der Waals surface area contributed by atoms with Crippen molar-refractivity contribution in [2.45, 2.75) is 25.9 Å². The molecule has 3 N–H and O–H groups in total. The van der Waals surface area contributed by atoms with Gasteiger partial charge in [-0.1, -0.05) is 0 Å². The van der Waals surface area contributed by atoms with Gasteiger partial charge in [-0.2, -0.15) is 0 Å². The van der Waals surface area contributed by atoms with Gasteiger partial charge in [0.1, 0.15) is 0 Å². The van der Waals surface area contributed by atoms with Crippen LogP contribution in [0.4, 0.5) is 0 Å². The van der Waals surface area contributed by atoms with Gasteiger partial charge in [0, 0.05) is 50.8 Å². The van der Waals surface area contributed by atoms with E-state index in [9.17, 15) is 9.59 Å². The SMILES string of the molecule is O=C(CC1(C(=O)NCc2ccncc2)CCNC1)NCc1ccncc1. The van der Waals surface area contributed by atoms with E-state index in [-0.39, 0.29) is 18.2 Å². The van der Waals surface area contributed by atoms with E-state index in [0.717, 1.165) is 17.7 Å². The third-order valence-corrected chi connectivity index (χ3v) is 4.67. The fourth-order valence-corrected chi connectivity index (χ4v) is 3.11. The van der Waals surface area contributed by atoms with E-state index in [4.69, 9.17) is 0 Å². The number of carbonyl (C=O) groups excluding carboxylic acids is 2. The van der Waals surface area contributed by atoms with E-state index in [1.54, 1.807) is 24.8 Å². The summed E-state index contributed by atoms with van der Waals surface area (Å²) in [4.78, 5) is 33.1. The van der Waals surface area contributed by atoms with Crippen molar-refractivity contribution in [2.24, 2.45) is 5.41 Å². The zero-order chi connectivity index (χ0) is 18.2. The summed E-state index contributed by atoms with van der Waals surface area (Å²) in [5.41, 5.74) is 1.26. The maximum Gasteiger partial charge on any atom is 0.228 e. The molecule has 2 aromatic heterocycles. The zero-order valence-electron chi connectivity index (χ0n) is 14.6. The average Bonchev–Trinajstić information content (AvgIpc) is 3.16. The maximum atomic E-state index is 12.8. The molecule has 1 fully saturated rings. The van der Waals surface area contributed by atoms with E-state index in [0.29, 0.717) is 26.1 Å². The summed E-state index contributed by atoms with van der Waals surface area (Å²) in [6.07, 6.45) is 7.60. The lowest BCUT2D eigenvalue weighted by molar-refractivity contribution is -0.135. The number of nitrogens with zero attached hydrogens (tertiary/aromatic N) is 2. The van der Waals surface area contributed by atoms with Gasteiger partial charge < -0.3 is 16.0 Å². The summed E-state index contributed by atoms with van der Waals surface area (Å²) in [6.45, 7) is 2.11. The van der Waals surface area contributed by atoms with Crippen LogP contribution in [0.1, 0.15) is 24.0 Å². The van der Waals surface area contributed by atoms with Crippen LogP contribution in [0, 0.1) is 5.41 Å². The number of carbonyl (C=O) groups is 2. The molecule has 0 bridgehead atoms. The lowest BCUT2D eigenvalue weighted by Gasteiger charge is -2.26. The fraction of sp³-hybridized carbons (Fsp3) is 0.368. The Morgan fingerprint density at radius 2 is 1.54 bits per heavy atom. The molecule has 2 amide bonds.